The maximum absolute atomic E-state index is 13.3. The second-order valence-electron chi connectivity index (χ2n) is 7.52. The van der Waals surface area contributed by atoms with E-state index in [1.165, 1.54) is 0 Å². The van der Waals surface area contributed by atoms with E-state index in [0.29, 0.717) is 12.8 Å². The fraction of sp³-hybridized carbons (Fsp3) is 0.333. The van der Waals surface area contributed by atoms with Gasteiger partial charge in [-0.25, -0.2) is 13.4 Å². The molecule has 0 bridgehead atoms. The van der Waals surface area contributed by atoms with E-state index >= 15 is 0 Å². The molecule has 1 aromatic heterocycles. The first-order chi connectivity index (χ1) is 13.4. The van der Waals surface area contributed by atoms with E-state index in [2.05, 4.69) is 5.32 Å². The van der Waals surface area contributed by atoms with E-state index in [1.807, 2.05) is 61.5 Å². The number of thiazole rings is 1. The number of carbonyl (C=O) groups excluding carboxylic acids is 1. The SMILES string of the molecule is CC(Cc1nc2ccccc2s1)(C(=O)NC1CCS(=O)(=O)C1)c1ccccc1. The number of rotatable bonds is 5. The Balaban J connectivity index is 1.65. The van der Waals surface area contributed by atoms with Crippen LogP contribution in [0.25, 0.3) is 10.2 Å². The van der Waals surface area contributed by atoms with Gasteiger partial charge < -0.3 is 5.32 Å². The quantitative estimate of drug-likeness (QED) is 0.696. The van der Waals surface area contributed by atoms with Crippen LogP contribution in [0.5, 0.6) is 0 Å². The summed E-state index contributed by atoms with van der Waals surface area (Å²) >= 11 is 1.59. The monoisotopic (exact) mass is 414 g/mol. The number of nitrogens with zero attached hydrogens (tertiary/aromatic N) is 1. The number of sulfone groups is 1. The van der Waals surface area contributed by atoms with Gasteiger partial charge in [-0.1, -0.05) is 42.5 Å². The molecule has 1 fully saturated rings. The number of hydrogen-bond donors (Lipinski definition) is 1. The molecule has 2 aromatic carbocycles. The van der Waals surface area contributed by atoms with Gasteiger partial charge in [0.1, 0.15) is 0 Å². The summed E-state index contributed by atoms with van der Waals surface area (Å²) in [4.78, 5) is 18.0. The Kier molecular flexibility index (Phi) is 4.97. The molecule has 4 rings (SSSR count). The minimum Gasteiger partial charge on any atom is -0.352 e. The first kappa shape index (κ1) is 19.1. The van der Waals surface area contributed by atoms with Crippen LogP contribution in [0.3, 0.4) is 0 Å². The van der Waals surface area contributed by atoms with Crippen molar-refractivity contribution in [2.45, 2.75) is 31.2 Å². The number of fused-ring (bicyclic) bond motifs is 1. The Morgan fingerprint density at radius 2 is 1.89 bits per heavy atom. The normalized spacial score (nSPS) is 20.7. The van der Waals surface area contributed by atoms with Crippen LogP contribution < -0.4 is 5.32 Å². The lowest BCUT2D eigenvalue weighted by Gasteiger charge is -2.29. The zero-order valence-electron chi connectivity index (χ0n) is 15.6. The topological polar surface area (TPSA) is 76.1 Å². The smallest absolute Gasteiger partial charge is 0.231 e. The van der Waals surface area contributed by atoms with Gasteiger partial charge in [-0.2, -0.15) is 0 Å². The van der Waals surface area contributed by atoms with Crippen LogP contribution >= 0.6 is 11.3 Å². The van der Waals surface area contributed by atoms with Gasteiger partial charge >= 0.3 is 0 Å². The van der Waals surface area contributed by atoms with E-state index in [4.69, 9.17) is 4.98 Å². The second-order valence-corrected chi connectivity index (χ2v) is 10.9. The molecule has 3 aromatic rings. The Morgan fingerprint density at radius 1 is 1.18 bits per heavy atom. The molecular formula is C21H22N2O3S2. The van der Waals surface area contributed by atoms with E-state index in [9.17, 15) is 13.2 Å². The third kappa shape index (κ3) is 3.82. The van der Waals surface area contributed by atoms with Crippen LogP contribution in [-0.4, -0.2) is 36.9 Å². The molecule has 146 valence electrons. The number of carbonyl (C=O) groups is 1. The van der Waals surface area contributed by atoms with Crippen molar-refractivity contribution in [3.05, 3.63) is 65.2 Å². The van der Waals surface area contributed by atoms with Crippen LogP contribution in [0.4, 0.5) is 0 Å². The predicted molar refractivity (Wildman–Crippen MR) is 112 cm³/mol. The van der Waals surface area contributed by atoms with Crippen LogP contribution in [0.15, 0.2) is 54.6 Å². The summed E-state index contributed by atoms with van der Waals surface area (Å²) in [6.45, 7) is 1.91. The van der Waals surface area contributed by atoms with Gasteiger partial charge in [0.15, 0.2) is 9.84 Å². The van der Waals surface area contributed by atoms with Crippen molar-refractivity contribution < 1.29 is 13.2 Å². The molecule has 1 N–H and O–H groups in total. The van der Waals surface area contributed by atoms with E-state index < -0.39 is 15.3 Å². The molecule has 1 amide bonds. The molecule has 0 spiro atoms. The Morgan fingerprint density at radius 3 is 2.57 bits per heavy atom. The molecule has 1 saturated heterocycles. The van der Waals surface area contributed by atoms with Crippen LogP contribution in [0.1, 0.15) is 23.9 Å². The zero-order valence-corrected chi connectivity index (χ0v) is 17.2. The maximum atomic E-state index is 13.3. The van der Waals surface area contributed by atoms with E-state index in [1.54, 1.807) is 11.3 Å². The van der Waals surface area contributed by atoms with Gasteiger partial charge in [-0.3, -0.25) is 4.79 Å². The van der Waals surface area contributed by atoms with Gasteiger partial charge in [0.25, 0.3) is 0 Å². The van der Waals surface area contributed by atoms with Crippen LogP contribution in [-0.2, 0) is 26.5 Å². The van der Waals surface area contributed by atoms with Crippen LogP contribution in [0, 0.1) is 0 Å². The number of aromatic nitrogens is 1. The molecule has 1 aliphatic heterocycles. The molecule has 0 aliphatic carbocycles. The summed E-state index contributed by atoms with van der Waals surface area (Å²) in [5.41, 5.74) is 0.995. The summed E-state index contributed by atoms with van der Waals surface area (Å²) in [6, 6.07) is 17.2. The molecular weight excluding hydrogens is 392 g/mol. The van der Waals surface area contributed by atoms with Crippen molar-refractivity contribution >= 4 is 37.3 Å². The van der Waals surface area contributed by atoms with Crippen molar-refractivity contribution in [1.29, 1.82) is 0 Å². The Labute approximate surface area is 168 Å². The van der Waals surface area contributed by atoms with Crippen LogP contribution in [0.2, 0.25) is 0 Å². The third-order valence-electron chi connectivity index (χ3n) is 5.32. The number of hydrogen-bond acceptors (Lipinski definition) is 5. The fourth-order valence-corrected chi connectivity index (χ4v) is 6.47. The molecule has 2 atom stereocenters. The lowest BCUT2D eigenvalue weighted by atomic mass is 9.78. The van der Waals surface area contributed by atoms with Gasteiger partial charge in [-0.15, -0.1) is 11.3 Å². The second kappa shape index (κ2) is 7.29. The van der Waals surface area contributed by atoms with Gasteiger partial charge in [0.2, 0.25) is 5.91 Å². The lowest BCUT2D eigenvalue weighted by molar-refractivity contribution is -0.126. The molecule has 28 heavy (non-hydrogen) atoms. The lowest BCUT2D eigenvalue weighted by Crippen LogP contribution is -2.48. The summed E-state index contributed by atoms with van der Waals surface area (Å²) in [5.74, 6) is 0.00265. The van der Waals surface area contributed by atoms with Gasteiger partial charge in [0, 0.05) is 12.5 Å². The highest BCUT2D eigenvalue weighted by molar-refractivity contribution is 7.91. The molecule has 0 radical (unpaired) electrons. The largest absolute Gasteiger partial charge is 0.352 e. The zero-order chi connectivity index (χ0) is 19.8. The molecule has 1 aliphatic rings. The number of nitrogens with one attached hydrogen (secondary N) is 1. The molecule has 2 heterocycles. The minimum absolute atomic E-state index is 0.0186. The summed E-state index contributed by atoms with van der Waals surface area (Å²) in [7, 11) is -3.05. The van der Waals surface area contributed by atoms with Crippen molar-refractivity contribution in [3.8, 4) is 0 Å². The number of amides is 1. The third-order valence-corrected chi connectivity index (χ3v) is 8.13. The highest BCUT2D eigenvalue weighted by Crippen LogP contribution is 2.32. The molecule has 2 unspecified atom stereocenters. The standard InChI is InChI=1S/C21H22N2O3S2/c1-21(15-7-3-2-4-8-15,20(24)22-16-11-12-28(25,26)14-16)13-19-23-17-9-5-6-10-18(17)27-19/h2-10,16H,11-14H2,1H3,(H,22,24). The fourth-order valence-electron chi connectivity index (χ4n) is 3.67. The highest BCUT2D eigenvalue weighted by Gasteiger charge is 2.39. The first-order valence-electron chi connectivity index (χ1n) is 9.27. The summed E-state index contributed by atoms with van der Waals surface area (Å²) in [5, 5.41) is 3.88. The van der Waals surface area contributed by atoms with Crippen molar-refractivity contribution in [3.63, 3.8) is 0 Å². The number of para-hydroxylation sites is 1. The Bertz CT molecular complexity index is 1080. The summed E-state index contributed by atoms with van der Waals surface area (Å²) in [6.07, 6.45) is 0.932. The average molecular weight is 415 g/mol. The summed E-state index contributed by atoms with van der Waals surface area (Å²) < 4.78 is 24.6. The average Bonchev–Trinajstić information content (AvgIpc) is 3.23. The predicted octanol–water partition coefficient (Wildman–Crippen LogP) is 3.10. The molecule has 0 saturated carbocycles. The van der Waals surface area contributed by atoms with Gasteiger partial charge in [0.05, 0.1) is 32.1 Å². The van der Waals surface area contributed by atoms with Crippen molar-refractivity contribution in [1.82, 2.24) is 10.3 Å². The van der Waals surface area contributed by atoms with E-state index in [0.717, 1.165) is 20.8 Å². The molecule has 7 heteroatoms. The maximum Gasteiger partial charge on any atom is 0.231 e. The molecule has 5 nitrogen and oxygen atoms in total. The van der Waals surface area contributed by atoms with Crippen molar-refractivity contribution in [2.24, 2.45) is 0 Å². The van der Waals surface area contributed by atoms with E-state index in [-0.39, 0.29) is 23.5 Å². The first-order valence-corrected chi connectivity index (χ1v) is 11.9. The highest BCUT2D eigenvalue weighted by atomic mass is 32.2. The minimum atomic E-state index is -3.05. The van der Waals surface area contributed by atoms with Crippen molar-refractivity contribution in [2.75, 3.05) is 11.5 Å². The number of benzene rings is 2. The van der Waals surface area contributed by atoms with Gasteiger partial charge in [-0.05, 0) is 31.0 Å². The Hall–Kier alpha value is -2.25.